The molecule has 1 aliphatic heterocycles. The highest BCUT2D eigenvalue weighted by atomic mass is 19.1. The second-order valence-electron chi connectivity index (χ2n) is 7.62. The Morgan fingerprint density at radius 2 is 1.86 bits per heavy atom. The number of anilines is 2. The molecule has 2 aromatic rings. The zero-order valence-corrected chi connectivity index (χ0v) is 16.7. The lowest BCUT2D eigenvalue weighted by Crippen LogP contribution is -2.40. The Bertz CT molecular complexity index is 944. The van der Waals surface area contributed by atoms with Crippen molar-refractivity contribution in [2.75, 3.05) is 16.8 Å². The number of benzene rings is 2. The van der Waals surface area contributed by atoms with Gasteiger partial charge in [-0.2, -0.15) is 0 Å². The van der Waals surface area contributed by atoms with Crippen LogP contribution in [0.5, 0.6) is 0 Å². The number of nitrogens with one attached hydrogen (secondary N) is 1. The van der Waals surface area contributed by atoms with Crippen LogP contribution >= 0.6 is 0 Å². The van der Waals surface area contributed by atoms with Gasteiger partial charge in [0.1, 0.15) is 11.9 Å². The fourth-order valence-corrected chi connectivity index (χ4v) is 3.39. The van der Waals surface area contributed by atoms with Crippen LogP contribution in [0.2, 0.25) is 0 Å². The number of carbonyl (C=O) groups excluding carboxylic acids is 3. The van der Waals surface area contributed by atoms with E-state index in [4.69, 9.17) is 0 Å². The number of rotatable bonds is 6. The molecule has 0 saturated carbocycles. The first-order valence-corrected chi connectivity index (χ1v) is 9.53. The Kier molecular flexibility index (Phi) is 5.96. The molecule has 152 valence electrons. The van der Waals surface area contributed by atoms with Crippen molar-refractivity contribution in [3.8, 4) is 0 Å². The van der Waals surface area contributed by atoms with Gasteiger partial charge in [-0.3, -0.25) is 9.59 Å². The van der Waals surface area contributed by atoms with Gasteiger partial charge in [0, 0.05) is 12.2 Å². The molecule has 1 N–H and O–H groups in total. The Labute approximate surface area is 169 Å². The van der Waals surface area contributed by atoms with E-state index in [2.05, 4.69) is 5.32 Å². The number of nitrogens with zero attached hydrogens (tertiary/aromatic N) is 2. The van der Waals surface area contributed by atoms with Crippen LogP contribution in [0.3, 0.4) is 0 Å². The van der Waals surface area contributed by atoms with Crippen LogP contribution in [0, 0.1) is 18.7 Å². The zero-order valence-electron chi connectivity index (χ0n) is 16.7. The number of amides is 4. The molecule has 29 heavy (non-hydrogen) atoms. The number of hydrogen-bond acceptors (Lipinski definition) is 3. The van der Waals surface area contributed by atoms with Gasteiger partial charge in [0.15, 0.2) is 0 Å². The summed E-state index contributed by atoms with van der Waals surface area (Å²) in [6, 6.07) is 11.3. The number of carbonyl (C=O) groups is 3. The van der Waals surface area contributed by atoms with E-state index in [0.717, 1.165) is 10.5 Å². The summed E-state index contributed by atoms with van der Waals surface area (Å²) in [6.07, 6.45) is -0.198. The molecule has 1 atom stereocenters. The maximum absolute atomic E-state index is 13.3. The molecule has 0 spiro atoms. The average Bonchev–Trinajstić information content (AvgIpc) is 2.85. The van der Waals surface area contributed by atoms with Crippen LogP contribution in [0.1, 0.15) is 25.8 Å². The third-order valence-corrected chi connectivity index (χ3v) is 4.63. The van der Waals surface area contributed by atoms with Crippen molar-refractivity contribution < 1.29 is 18.8 Å². The lowest BCUT2D eigenvalue weighted by Gasteiger charge is -2.23. The monoisotopic (exact) mass is 397 g/mol. The minimum atomic E-state index is -0.904. The van der Waals surface area contributed by atoms with Gasteiger partial charge in [-0.15, -0.1) is 0 Å². The smallest absolute Gasteiger partial charge is 0.326 e. The summed E-state index contributed by atoms with van der Waals surface area (Å²) in [7, 11) is 0. The van der Waals surface area contributed by atoms with Gasteiger partial charge in [-0.1, -0.05) is 32.0 Å². The molecule has 0 aromatic heterocycles. The predicted molar refractivity (Wildman–Crippen MR) is 109 cm³/mol. The maximum atomic E-state index is 13.3. The predicted octanol–water partition coefficient (Wildman–Crippen LogP) is 3.96. The molecule has 0 unspecified atom stereocenters. The Morgan fingerprint density at radius 1 is 1.14 bits per heavy atom. The topological polar surface area (TPSA) is 69.7 Å². The molecule has 1 heterocycles. The Hall–Kier alpha value is -3.22. The van der Waals surface area contributed by atoms with E-state index in [0.29, 0.717) is 17.9 Å². The van der Waals surface area contributed by atoms with Crippen molar-refractivity contribution in [2.24, 2.45) is 5.92 Å². The number of urea groups is 1. The molecule has 7 heteroatoms. The molecular weight excluding hydrogens is 373 g/mol. The van der Waals surface area contributed by atoms with E-state index in [1.54, 1.807) is 24.3 Å². The lowest BCUT2D eigenvalue weighted by atomic mass is 10.1. The fourth-order valence-electron chi connectivity index (χ4n) is 3.39. The molecule has 4 amide bonds. The van der Waals surface area contributed by atoms with Crippen LogP contribution in [0.4, 0.5) is 20.6 Å². The molecule has 6 nitrogen and oxygen atoms in total. The van der Waals surface area contributed by atoms with Gasteiger partial charge in [0.2, 0.25) is 5.91 Å². The summed E-state index contributed by atoms with van der Waals surface area (Å²) in [5.74, 6) is -1.24. The van der Waals surface area contributed by atoms with Gasteiger partial charge >= 0.3 is 6.03 Å². The summed E-state index contributed by atoms with van der Waals surface area (Å²) in [5.41, 5.74) is 1.71. The SMILES string of the molecule is Cc1cccc(N2C(=O)[C@@H](CC(=O)Nc3cccc(F)c3)N(CC(C)C)C2=O)c1. The fraction of sp³-hybridized carbons (Fsp3) is 0.318. The van der Waals surface area contributed by atoms with Crippen LogP contribution in [-0.4, -0.2) is 35.3 Å². The second kappa shape index (κ2) is 8.43. The van der Waals surface area contributed by atoms with Crippen molar-refractivity contribution >= 4 is 29.2 Å². The van der Waals surface area contributed by atoms with Gasteiger partial charge in [0.25, 0.3) is 5.91 Å². The van der Waals surface area contributed by atoms with Gasteiger partial charge in [-0.05, 0) is 48.7 Å². The normalized spacial score (nSPS) is 16.7. The quantitative estimate of drug-likeness (QED) is 0.750. The van der Waals surface area contributed by atoms with Crippen LogP contribution in [0.25, 0.3) is 0 Å². The van der Waals surface area contributed by atoms with E-state index in [1.807, 2.05) is 26.8 Å². The summed E-state index contributed by atoms with van der Waals surface area (Å²) in [6.45, 7) is 6.11. The first kappa shape index (κ1) is 20.5. The second-order valence-corrected chi connectivity index (χ2v) is 7.62. The molecule has 0 bridgehead atoms. The maximum Gasteiger partial charge on any atom is 0.332 e. The molecule has 3 rings (SSSR count). The van der Waals surface area contributed by atoms with E-state index in [1.165, 1.54) is 23.1 Å². The van der Waals surface area contributed by atoms with E-state index >= 15 is 0 Å². The van der Waals surface area contributed by atoms with Crippen molar-refractivity contribution in [3.05, 3.63) is 59.9 Å². The number of imide groups is 1. The van der Waals surface area contributed by atoms with E-state index in [9.17, 15) is 18.8 Å². The highest BCUT2D eigenvalue weighted by molar-refractivity contribution is 6.22. The lowest BCUT2D eigenvalue weighted by molar-refractivity contribution is -0.124. The molecule has 0 radical (unpaired) electrons. The third-order valence-electron chi connectivity index (χ3n) is 4.63. The van der Waals surface area contributed by atoms with E-state index in [-0.39, 0.29) is 12.3 Å². The van der Waals surface area contributed by atoms with Crippen molar-refractivity contribution in [1.82, 2.24) is 4.90 Å². The Balaban J connectivity index is 1.83. The van der Waals surface area contributed by atoms with Gasteiger partial charge in [-0.25, -0.2) is 14.1 Å². The molecule has 1 fully saturated rings. The first-order chi connectivity index (χ1) is 13.8. The highest BCUT2D eigenvalue weighted by Crippen LogP contribution is 2.28. The molecular formula is C22H24FN3O3. The van der Waals surface area contributed by atoms with Crippen LogP contribution in [0.15, 0.2) is 48.5 Å². The minimum Gasteiger partial charge on any atom is -0.326 e. The summed E-state index contributed by atoms with van der Waals surface area (Å²) < 4.78 is 13.3. The Morgan fingerprint density at radius 3 is 2.52 bits per heavy atom. The summed E-state index contributed by atoms with van der Waals surface area (Å²) in [4.78, 5) is 41.2. The minimum absolute atomic E-state index is 0.123. The third kappa shape index (κ3) is 4.62. The van der Waals surface area contributed by atoms with Crippen LogP contribution < -0.4 is 10.2 Å². The molecule has 0 aliphatic carbocycles. The zero-order chi connectivity index (χ0) is 21.1. The number of hydrogen-bond donors (Lipinski definition) is 1. The standard InChI is InChI=1S/C22H24FN3O3/c1-14(2)13-25-19(12-20(27)24-17-8-5-7-16(23)11-17)21(28)26(22(25)29)18-9-4-6-15(3)10-18/h4-11,14,19H,12-13H2,1-3H3,(H,24,27)/t19-/m1/s1. The first-order valence-electron chi connectivity index (χ1n) is 9.53. The number of halogens is 1. The molecule has 1 aliphatic rings. The average molecular weight is 397 g/mol. The van der Waals surface area contributed by atoms with Gasteiger partial charge in [0.05, 0.1) is 12.1 Å². The summed E-state index contributed by atoms with van der Waals surface area (Å²) >= 11 is 0. The largest absolute Gasteiger partial charge is 0.332 e. The van der Waals surface area contributed by atoms with Crippen molar-refractivity contribution in [3.63, 3.8) is 0 Å². The van der Waals surface area contributed by atoms with Crippen LogP contribution in [-0.2, 0) is 9.59 Å². The van der Waals surface area contributed by atoms with E-state index < -0.39 is 29.7 Å². The molecule has 2 aromatic carbocycles. The van der Waals surface area contributed by atoms with Crippen molar-refractivity contribution in [2.45, 2.75) is 33.2 Å². The summed E-state index contributed by atoms with van der Waals surface area (Å²) in [5, 5.41) is 2.59. The molecule has 1 saturated heterocycles. The highest BCUT2D eigenvalue weighted by Gasteiger charge is 2.46. The number of aryl methyl sites for hydroxylation is 1. The van der Waals surface area contributed by atoms with Crippen molar-refractivity contribution in [1.29, 1.82) is 0 Å². The van der Waals surface area contributed by atoms with Gasteiger partial charge < -0.3 is 10.2 Å².